The summed E-state index contributed by atoms with van der Waals surface area (Å²) in [6, 6.07) is 0. The van der Waals surface area contributed by atoms with E-state index >= 15 is 0 Å². The molecule has 0 aromatic heterocycles. The molecule has 0 spiro atoms. The van der Waals surface area contributed by atoms with Gasteiger partial charge >= 0.3 is 7.82 Å². The third kappa shape index (κ3) is 7.39. The summed E-state index contributed by atoms with van der Waals surface area (Å²) in [5.41, 5.74) is 0. The van der Waals surface area contributed by atoms with Gasteiger partial charge < -0.3 is 4.89 Å². The fourth-order valence-corrected chi connectivity index (χ4v) is 2.63. The minimum atomic E-state index is -3.76. The third-order valence-electron chi connectivity index (χ3n) is 2.80. The molecule has 4 nitrogen and oxygen atoms in total. The van der Waals surface area contributed by atoms with Crippen LogP contribution in [-0.2, 0) is 13.6 Å². The van der Waals surface area contributed by atoms with Crippen molar-refractivity contribution in [3.05, 3.63) is 0 Å². The molecule has 1 N–H and O–H groups in total. The molecule has 0 amide bonds. The Labute approximate surface area is 98.0 Å². The highest BCUT2D eigenvalue weighted by atomic mass is 31.2. The van der Waals surface area contributed by atoms with Crippen molar-refractivity contribution in [1.82, 2.24) is 0 Å². The summed E-state index contributed by atoms with van der Waals surface area (Å²) in [5, 5.41) is 0. The van der Waals surface area contributed by atoms with E-state index in [0.29, 0.717) is 13.2 Å². The first kappa shape index (κ1) is 14.2. The van der Waals surface area contributed by atoms with Crippen molar-refractivity contribution in [1.29, 1.82) is 0 Å². The second kappa shape index (κ2) is 8.24. The minimum Gasteiger partial charge on any atom is -0.302 e. The van der Waals surface area contributed by atoms with Crippen molar-refractivity contribution in [3.63, 3.8) is 0 Å². The molecule has 0 aromatic carbocycles. The molecule has 1 heterocycles. The molecule has 0 bridgehead atoms. The van der Waals surface area contributed by atoms with Crippen LogP contribution in [0, 0.1) is 0 Å². The summed E-state index contributed by atoms with van der Waals surface area (Å²) in [6.07, 6.45) is 10.1. The van der Waals surface area contributed by atoms with Gasteiger partial charge in [-0.2, -0.15) is 0 Å². The molecule has 0 aromatic rings. The zero-order chi connectivity index (χ0) is 11.7. The molecule has 16 heavy (non-hydrogen) atoms. The average molecular weight is 250 g/mol. The van der Waals surface area contributed by atoms with Crippen LogP contribution in [0.5, 0.6) is 0 Å². The zero-order valence-electron chi connectivity index (χ0n) is 9.90. The van der Waals surface area contributed by atoms with Crippen molar-refractivity contribution in [2.45, 2.75) is 57.8 Å². The fourth-order valence-electron chi connectivity index (χ4n) is 1.84. The average Bonchev–Trinajstić information content (AvgIpc) is 2.24. The van der Waals surface area contributed by atoms with Crippen LogP contribution in [0.15, 0.2) is 0 Å². The van der Waals surface area contributed by atoms with Gasteiger partial charge in [-0.15, -0.1) is 0 Å². The topological polar surface area (TPSA) is 55.8 Å². The standard InChI is InChI=1S/C11H23O4P/c12-16(13)14-10-8-6-4-2-1-3-5-7-9-11-15-16/h1-11H2,(H,12,13). The molecule has 96 valence electrons. The van der Waals surface area contributed by atoms with Crippen molar-refractivity contribution in [2.24, 2.45) is 0 Å². The van der Waals surface area contributed by atoms with Gasteiger partial charge in [0.2, 0.25) is 0 Å². The number of hydrogen-bond acceptors (Lipinski definition) is 3. The number of phosphoric acid groups is 1. The van der Waals surface area contributed by atoms with E-state index in [0.717, 1.165) is 25.7 Å². The van der Waals surface area contributed by atoms with Gasteiger partial charge in [-0.05, 0) is 12.8 Å². The summed E-state index contributed by atoms with van der Waals surface area (Å²) >= 11 is 0. The molecule has 1 aliphatic heterocycles. The Morgan fingerprint density at radius 2 is 1.00 bits per heavy atom. The molecule has 1 rings (SSSR count). The lowest BCUT2D eigenvalue weighted by Gasteiger charge is -2.12. The predicted octanol–water partition coefficient (Wildman–Crippen LogP) is 3.64. The largest absolute Gasteiger partial charge is 0.472 e. The van der Waals surface area contributed by atoms with E-state index < -0.39 is 7.82 Å². The third-order valence-corrected chi connectivity index (χ3v) is 3.82. The van der Waals surface area contributed by atoms with Gasteiger partial charge in [-0.25, -0.2) is 4.57 Å². The lowest BCUT2D eigenvalue weighted by Crippen LogP contribution is -1.99. The van der Waals surface area contributed by atoms with Crippen LogP contribution in [-0.4, -0.2) is 18.1 Å². The van der Waals surface area contributed by atoms with Crippen molar-refractivity contribution in [2.75, 3.05) is 13.2 Å². The summed E-state index contributed by atoms with van der Waals surface area (Å²) in [4.78, 5) is 9.30. The summed E-state index contributed by atoms with van der Waals surface area (Å²) < 4.78 is 21.1. The second-order valence-electron chi connectivity index (χ2n) is 4.32. The van der Waals surface area contributed by atoms with Crippen LogP contribution in [0.25, 0.3) is 0 Å². The van der Waals surface area contributed by atoms with E-state index in [1.54, 1.807) is 0 Å². The summed E-state index contributed by atoms with van der Waals surface area (Å²) in [6.45, 7) is 0.654. The normalized spacial score (nSPS) is 25.8. The van der Waals surface area contributed by atoms with Gasteiger partial charge in [0.15, 0.2) is 0 Å². The minimum absolute atomic E-state index is 0.327. The van der Waals surface area contributed by atoms with E-state index in [1.807, 2.05) is 0 Å². The van der Waals surface area contributed by atoms with E-state index in [9.17, 15) is 9.46 Å². The zero-order valence-corrected chi connectivity index (χ0v) is 10.8. The lowest BCUT2D eigenvalue weighted by atomic mass is 10.1. The van der Waals surface area contributed by atoms with Gasteiger partial charge in [0.05, 0.1) is 13.2 Å². The molecule has 0 unspecified atom stereocenters. The van der Waals surface area contributed by atoms with E-state index in [4.69, 9.17) is 9.05 Å². The first-order chi connectivity index (χ1) is 7.71. The molecular weight excluding hydrogens is 227 g/mol. The molecule has 0 radical (unpaired) electrons. The lowest BCUT2D eigenvalue weighted by molar-refractivity contribution is 0.144. The van der Waals surface area contributed by atoms with Crippen LogP contribution in [0.4, 0.5) is 0 Å². The van der Waals surface area contributed by atoms with Crippen molar-refractivity contribution >= 4 is 7.82 Å². The van der Waals surface area contributed by atoms with E-state index in [1.165, 1.54) is 32.1 Å². The summed E-state index contributed by atoms with van der Waals surface area (Å²) in [7, 11) is -3.76. The van der Waals surface area contributed by atoms with Crippen LogP contribution in [0.1, 0.15) is 57.8 Å². The molecular formula is C11H23O4P. The maximum absolute atomic E-state index is 11.3. The van der Waals surface area contributed by atoms with E-state index in [-0.39, 0.29) is 0 Å². The van der Waals surface area contributed by atoms with Crippen molar-refractivity contribution in [3.8, 4) is 0 Å². The SMILES string of the molecule is O=P1(O)OCCCCCCCCCCCO1. The fraction of sp³-hybridized carbons (Fsp3) is 1.00. The maximum atomic E-state index is 11.3. The summed E-state index contributed by atoms with van der Waals surface area (Å²) in [5.74, 6) is 0. The Morgan fingerprint density at radius 3 is 1.38 bits per heavy atom. The van der Waals surface area contributed by atoms with Gasteiger partial charge in [-0.3, -0.25) is 9.05 Å². The van der Waals surface area contributed by atoms with Crippen LogP contribution >= 0.6 is 7.82 Å². The van der Waals surface area contributed by atoms with Gasteiger partial charge in [0, 0.05) is 0 Å². The molecule has 5 heteroatoms. The Morgan fingerprint density at radius 1 is 0.688 bits per heavy atom. The maximum Gasteiger partial charge on any atom is 0.472 e. The Balaban J connectivity index is 2.25. The first-order valence-electron chi connectivity index (χ1n) is 6.33. The highest BCUT2D eigenvalue weighted by Crippen LogP contribution is 2.43. The first-order valence-corrected chi connectivity index (χ1v) is 7.82. The Bertz CT molecular complexity index is 202. The monoisotopic (exact) mass is 250 g/mol. The quantitative estimate of drug-likeness (QED) is 0.667. The van der Waals surface area contributed by atoms with Gasteiger partial charge in [0.25, 0.3) is 0 Å². The van der Waals surface area contributed by atoms with Gasteiger partial charge in [-0.1, -0.05) is 44.9 Å². The molecule has 0 atom stereocenters. The Hall–Kier alpha value is 0.110. The van der Waals surface area contributed by atoms with Crippen LogP contribution < -0.4 is 0 Å². The van der Waals surface area contributed by atoms with Crippen molar-refractivity contribution < 1.29 is 18.5 Å². The van der Waals surface area contributed by atoms with E-state index in [2.05, 4.69) is 0 Å². The number of phosphoric ester groups is 1. The Kier molecular flexibility index (Phi) is 7.30. The van der Waals surface area contributed by atoms with Crippen LogP contribution in [0.3, 0.4) is 0 Å². The highest BCUT2D eigenvalue weighted by molar-refractivity contribution is 7.47. The molecule has 1 aliphatic rings. The molecule has 0 saturated carbocycles. The molecule has 1 saturated heterocycles. The second-order valence-corrected chi connectivity index (χ2v) is 5.77. The predicted molar refractivity (Wildman–Crippen MR) is 63.3 cm³/mol. The highest BCUT2D eigenvalue weighted by Gasteiger charge is 2.19. The van der Waals surface area contributed by atoms with Crippen LogP contribution in [0.2, 0.25) is 0 Å². The van der Waals surface area contributed by atoms with Gasteiger partial charge in [0.1, 0.15) is 0 Å². The smallest absolute Gasteiger partial charge is 0.302 e. The molecule has 1 fully saturated rings. The number of rotatable bonds is 0. The number of hydrogen-bond donors (Lipinski definition) is 1. The molecule has 0 aliphatic carbocycles.